The molecule has 346 valence electrons. The van der Waals surface area contributed by atoms with Crippen LogP contribution in [0.1, 0.15) is 90.4 Å². The lowest BCUT2D eigenvalue weighted by atomic mass is 10.0. The lowest BCUT2D eigenvalue weighted by Gasteiger charge is -2.27. The first-order chi connectivity index (χ1) is 30.5. The van der Waals surface area contributed by atoms with Crippen molar-refractivity contribution in [2.75, 3.05) is 23.0 Å². The van der Waals surface area contributed by atoms with Crippen LogP contribution in [0.2, 0.25) is 0 Å². The van der Waals surface area contributed by atoms with Crippen molar-refractivity contribution >= 4 is 90.8 Å². The molecule has 0 aliphatic carbocycles. The maximum atomic E-state index is 13.5. The van der Waals surface area contributed by atoms with Gasteiger partial charge in [-0.15, -0.1) is 23.5 Å². The molecule has 0 saturated heterocycles. The predicted molar refractivity (Wildman–Crippen MR) is 246 cm³/mol. The summed E-state index contributed by atoms with van der Waals surface area (Å²) in [5, 5.41) is 12.3. The van der Waals surface area contributed by atoms with Crippen molar-refractivity contribution in [1.29, 1.82) is 0 Å². The first-order valence-corrected chi connectivity index (χ1v) is 25.5. The summed E-state index contributed by atoms with van der Waals surface area (Å²) in [5.41, 5.74) is -1.30. The fourth-order valence-electron chi connectivity index (χ4n) is 6.51. The molecule has 0 aromatic carbocycles. The minimum absolute atomic E-state index is 0.0247. The van der Waals surface area contributed by atoms with E-state index in [-0.39, 0.29) is 61.4 Å². The Kier molecular flexibility index (Phi) is 16.9. The van der Waals surface area contributed by atoms with Crippen LogP contribution in [0.25, 0.3) is 0 Å². The molecule has 2 aromatic rings. The fourth-order valence-corrected chi connectivity index (χ4v) is 10.7. The molecule has 0 unspecified atom stereocenters. The highest BCUT2D eigenvalue weighted by molar-refractivity contribution is 8.76. The molecule has 18 nitrogen and oxygen atoms in total. The first kappa shape index (κ1) is 48.9. The van der Waals surface area contributed by atoms with Crippen LogP contribution >= 0.6 is 45.1 Å². The number of cyclic esters (lactones) is 2. The van der Waals surface area contributed by atoms with Crippen LogP contribution in [-0.4, -0.2) is 114 Å². The number of rotatable bonds is 11. The Labute approximate surface area is 387 Å². The molecule has 22 heteroatoms. The Balaban J connectivity index is 1.00. The van der Waals surface area contributed by atoms with E-state index in [0.717, 1.165) is 0 Å². The fraction of sp³-hybridized carbons (Fsp3) is 0.571. The van der Waals surface area contributed by atoms with E-state index in [1.165, 1.54) is 36.1 Å². The molecule has 4 amide bonds. The molecule has 6 atom stereocenters. The number of fused-ring (bicyclic) bond motifs is 8. The van der Waals surface area contributed by atoms with Crippen LogP contribution in [0.5, 0.6) is 0 Å². The molecule has 0 spiro atoms. The Morgan fingerprint density at radius 3 is 1.48 bits per heavy atom. The number of allylic oxidation sites excluding steroid dienone is 2. The van der Waals surface area contributed by atoms with Crippen molar-refractivity contribution in [1.82, 2.24) is 31.2 Å². The Morgan fingerprint density at radius 1 is 0.688 bits per heavy atom. The van der Waals surface area contributed by atoms with E-state index >= 15 is 0 Å². The minimum atomic E-state index is -1.12. The molecule has 8 bridgehead atoms. The third-order valence-electron chi connectivity index (χ3n) is 10.3. The highest BCUT2D eigenvalue weighted by Gasteiger charge is 2.43. The van der Waals surface area contributed by atoms with Gasteiger partial charge in [-0.1, -0.05) is 61.4 Å². The van der Waals surface area contributed by atoms with Gasteiger partial charge in [0.15, 0.2) is 0 Å². The van der Waals surface area contributed by atoms with E-state index in [2.05, 4.69) is 41.2 Å². The summed E-state index contributed by atoms with van der Waals surface area (Å²) in [6.07, 6.45) is 9.11. The molecule has 0 radical (unpaired) electrons. The number of esters is 2. The topological polar surface area (TPSA) is 246 Å². The monoisotopic (exact) mass is 958 g/mol. The van der Waals surface area contributed by atoms with E-state index < -0.39 is 59.1 Å². The third-order valence-corrected chi connectivity index (χ3v) is 15.3. The zero-order chi connectivity index (χ0) is 46.0. The molecule has 4 aliphatic rings. The number of carbonyl (C=O) groups is 6. The molecule has 2 aromatic heterocycles. The van der Waals surface area contributed by atoms with Crippen molar-refractivity contribution in [3.05, 3.63) is 60.0 Å². The van der Waals surface area contributed by atoms with Crippen molar-refractivity contribution in [2.45, 2.75) is 116 Å². The molecule has 64 heavy (non-hydrogen) atoms. The number of aromatic nitrogens is 2. The van der Waals surface area contributed by atoms with Crippen molar-refractivity contribution in [3.8, 4) is 0 Å². The zero-order valence-corrected chi connectivity index (χ0v) is 39.8. The molecule has 0 fully saturated rings. The number of oxazole rings is 2. The maximum Gasteiger partial charge on any atom is 0.329 e. The second kappa shape index (κ2) is 22.1. The number of carbonyl (C=O) groups excluding carboxylic acids is 6. The summed E-state index contributed by atoms with van der Waals surface area (Å²) < 4.78 is 22.8. The molecule has 0 saturated carbocycles. The largest absolute Gasteiger partial charge is 0.456 e. The van der Waals surface area contributed by atoms with Crippen LogP contribution in [-0.2, 0) is 51.3 Å². The Bertz CT molecular complexity index is 2040. The minimum Gasteiger partial charge on any atom is -0.456 e. The van der Waals surface area contributed by atoms with Gasteiger partial charge in [0.05, 0.1) is 25.9 Å². The smallest absolute Gasteiger partial charge is 0.329 e. The van der Waals surface area contributed by atoms with Gasteiger partial charge in [0.25, 0.3) is 0 Å². The number of amides is 4. The van der Waals surface area contributed by atoms with Gasteiger partial charge in [-0.3, -0.25) is 29.2 Å². The standard InChI is InChI=1S/C42H54N8O10S4/c1-23(2)33-37(53)59-25(15-29(51)43-17-31-45-27(19-57-31)35-49-41(5,21-61-35)39(55)47-33)11-7-9-13-63-64-14-10-8-12-26-16-30(52)44-18-32-46-28(20-58-32)36-50-42(6,22-62-36)40(56)48-34(24(3)4)38(54)60-26/h7-8,11-12,19-20,23-26,33-34H,9-10,13-18,21-22H2,1-6H3,(H,43,51)(H,44,52)(H,47,55)(H,48,56)/b11-7+,12-8+/t25-,26-,33+,34+,41+,42+/m1/s1. The van der Waals surface area contributed by atoms with Gasteiger partial charge in [-0.25, -0.2) is 19.6 Å². The highest BCUT2D eigenvalue weighted by Crippen LogP contribution is 2.33. The van der Waals surface area contributed by atoms with E-state index in [9.17, 15) is 28.8 Å². The molecular weight excluding hydrogens is 905 g/mol. The SMILES string of the molecule is CC(C)[C@@H]1NC(=O)[C@]2(C)CSC(=N2)c2coc(n2)CNC(=O)C[C@@H](/C=C/CCSSCC/C=C/[C@@H]2CC(=O)NCc3nc(co3)C3=N[C@@](C)(CS3)C(=O)N[C@@H](C(C)C)C(=O)O2)OC1=O. The number of hydrogen-bond donors (Lipinski definition) is 4. The van der Waals surface area contributed by atoms with Gasteiger partial charge in [0.1, 0.15) is 69.4 Å². The number of ether oxygens (including phenoxy) is 2. The quantitative estimate of drug-likeness (QED) is 0.106. The van der Waals surface area contributed by atoms with Gasteiger partial charge in [-0.2, -0.15) is 0 Å². The number of nitrogens with zero attached hydrogens (tertiary/aromatic N) is 4. The van der Waals surface area contributed by atoms with Crippen molar-refractivity contribution < 1.29 is 47.1 Å². The van der Waals surface area contributed by atoms with Gasteiger partial charge < -0.3 is 39.6 Å². The van der Waals surface area contributed by atoms with Gasteiger partial charge >= 0.3 is 11.9 Å². The molecule has 6 heterocycles. The lowest BCUT2D eigenvalue weighted by Crippen LogP contribution is -2.53. The normalized spacial score (nSPS) is 27.6. The van der Waals surface area contributed by atoms with Crippen LogP contribution in [0, 0.1) is 11.8 Å². The molecular formula is C42H54N8O10S4. The van der Waals surface area contributed by atoms with E-state index in [0.29, 0.717) is 57.3 Å². The van der Waals surface area contributed by atoms with Gasteiger partial charge in [0, 0.05) is 23.0 Å². The highest BCUT2D eigenvalue weighted by atomic mass is 33.1. The van der Waals surface area contributed by atoms with E-state index in [1.807, 2.05) is 12.2 Å². The summed E-state index contributed by atoms with van der Waals surface area (Å²) >= 11 is 2.73. The molecule has 4 aliphatic heterocycles. The second-order valence-electron chi connectivity index (χ2n) is 16.6. The van der Waals surface area contributed by atoms with Crippen molar-refractivity contribution in [3.63, 3.8) is 0 Å². The van der Waals surface area contributed by atoms with E-state index in [1.54, 1.807) is 75.3 Å². The number of aliphatic imine (C=N–C) groups is 2. The van der Waals surface area contributed by atoms with Gasteiger partial charge in [0.2, 0.25) is 35.4 Å². The number of nitrogens with one attached hydrogen (secondary N) is 4. The van der Waals surface area contributed by atoms with Crippen LogP contribution in [0.4, 0.5) is 0 Å². The third kappa shape index (κ3) is 13.1. The maximum absolute atomic E-state index is 13.5. The van der Waals surface area contributed by atoms with Crippen molar-refractivity contribution in [2.24, 2.45) is 21.8 Å². The summed E-state index contributed by atoms with van der Waals surface area (Å²) in [5.74, 6) is -0.781. The lowest BCUT2D eigenvalue weighted by molar-refractivity contribution is -0.154. The van der Waals surface area contributed by atoms with Gasteiger partial charge in [-0.05, 0) is 50.7 Å². The zero-order valence-electron chi connectivity index (χ0n) is 36.5. The number of hydrogen-bond acceptors (Lipinski definition) is 18. The van der Waals surface area contributed by atoms with Crippen LogP contribution in [0.3, 0.4) is 0 Å². The number of thioether (sulfide) groups is 2. The average Bonchev–Trinajstić information content (AvgIpc) is 4.07. The summed E-state index contributed by atoms with van der Waals surface area (Å²) in [6, 6.07) is -1.93. The Hall–Kier alpha value is -4.54. The molecule has 4 N–H and O–H groups in total. The van der Waals surface area contributed by atoms with Crippen LogP contribution < -0.4 is 21.3 Å². The van der Waals surface area contributed by atoms with E-state index in [4.69, 9.17) is 18.3 Å². The summed E-state index contributed by atoms with van der Waals surface area (Å²) in [7, 11) is 3.26. The second-order valence-corrected chi connectivity index (χ2v) is 21.2. The summed E-state index contributed by atoms with van der Waals surface area (Å²) in [6.45, 7) is 10.7. The average molecular weight is 959 g/mol. The van der Waals surface area contributed by atoms with Crippen LogP contribution in [0.15, 0.2) is 55.6 Å². The first-order valence-electron chi connectivity index (χ1n) is 21.0. The summed E-state index contributed by atoms with van der Waals surface area (Å²) in [4.78, 5) is 98.0. The predicted octanol–water partition coefficient (Wildman–Crippen LogP) is 4.29. The molecule has 6 rings (SSSR count). The Morgan fingerprint density at radius 2 is 1.09 bits per heavy atom.